The summed E-state index contributed by atoms with van der Waals surface area (Å²) in [6.45, 7) is 10.2. The van der Waals surface area contributed by atoms with Crippen LogP contribution in [-0.4, -0.2) is 43.4 Å². The number of carbonyl (C=O) groups excluding carboxylic acids is 3. The fourth-order valence-corrected chi connectivity index (χ4v) is 8.25. The Bertz CT molecular complexity index is 1580. The summed E-state index contributed by atoms with van der Waals surface area (Å²) in [5, 5.41) is 46.0. The summed E-state index contributed by atoms with van der Waals surface area (Å²) in [7, 11) is 0. The molecule has 5 rings (SSSR count). The molecule has 0 amide bonds. The van der Waals surface area contributed by atoms with Crippen molar-refractivity contribution < 1.29 is 34.8 Å². The van der Waals surface area contributed by atoms with Crippen LogP contribution in [0.2, 0.25) is 0 Å². The average molecular weight is 573 g/mol. The van der Waals surface area contributed by atoms with Crippen LogP contribution in [0, 0.1) is 29.6 Å². The summed E-state index contributed by atoms with van der Waals surface area (Å²) in [5.74, 6) is -5.12. The van der Waals surface area contributed by atoms with Crippen LogP contribution in [0.3, 0.4) is 0 Å². The van der Waals surface area contributed by atoms with E-state index < -0.39 is 56.8 Å². The second-order valence-electron chi connectivity index (χ2n) is 13.4. The largest absolute Gasteiger partial charge is 0.508 e. The number of allylic oxidation sites excluding steroid dienone is 1. The molecule has 0 spiro atoms. The Morgan fingerprint density at radius 2 is 1.64 bits per heavy atom. The molecule has 0 heterocycles. The third-order valence-corrected chi connectivity index (χ3v) is 10.0. The molecule has 7 nitrogen and oxygen atoms in total. The number of aromatic hydroxyl groups is 1. The SMILES string of the molecule is CC(=O)C1=C(O)[C@]2(O)C(=O)C3=C(O)c4c(O)ccc(CCCc5ccc(C)cc5)c4C[C@]3(C)C[C@]2(C)C(C(C)C)C1=O. The maximum absolute atomic E-state index is 14.4. The number of rotatable bonds is 6. The van der Waals surface area contributed by atoms with Crippen LogP contribution in [0.25, 0.3) is 5.76 Å². The Hall–Kier alpha value is -3.71. The lowest BCUT2D eigenvalue weighted by Gasteiger charge is -2.59. The van der Waals surface area contributed by atoms with Gasteiger partial charge >= 0.3 is 0 Å². The third-order valence-electron chi connectivity index (χ3n) is 10.0. The van der Waals surface area contributed by atoms with Gasteiger partial charge < -0.3 is 20.4 Å². The van der Waals surface area contributed by atoms with E-state index >= 15 is 0 Å². The second-order valence-corrected chi connectivity index (χ2v) is 13.4. The summed E-state index contributed by atoms with van der Waals surface area (Å²) < 4.78 is 0. The number of aryl methyl sites for hydroxylation is 3. The van der Waals surface area contributed by atoms with Gasteiger partial charge in [-0.15, -0.1) is 0 Å². The number of hydrogen-bond acceptors (Lipinski definition) is 7. The molecular weight excluding hydrogens is 532 g/mol. The molecule has 0 saturated heterocycles. The van der Waals surface area contributed by atoms with E-state index in [0.29, 0.717) is 6.42 Å². The van der Waals surface area contributed by atoms with Crippen molar-refractivity contribution in [3.63, 3.8) is 0 Å². The van der Waals surface area contributed by atoms with E-state index in [4.69, 9.17) is 0 Å². The summed E-state index contributed by atoms with van der Waals surface area (Å²) in [6, 6.07) is 11.7. The minimum atomic E-state index is -2.60. The number of phenolic OH excluding ortho intramolecular Hbond substituents is 1. The van der Waals surface area contributed by atoms with Gasteiger partial charge in [0.1, 0.15) is 22.8 Å². The molecule has 7 heteroatoms. The van der Waals surface area contributed by atoms with Gasteiger partial charge in [-0.05, 0) is 74.6 Å². The van der Waals surface area contributed by atoms with Gasteiger partial charge in [-0.1, -0.05) is 63.6 Å². The predicted octanol–water partition coefficient (Wildman–Crippen LogP) is 5.67. The number of Topliss-reactive ketones (excluding diaryl/α,β-unsaturated/α-hetero) is 3. The number of phenols is 1. The first kappa shape index (κ1) is 29.8. The fraction of sp³-hybridized carbons (Fsp3) is 0.457. The predicted molar refractivity (Wildman–Crippen MR) is 159 cm³/mol. The van der Waals surface area contributed by atoms with E-state index in [0.717, 1.165) is 30.9 Å². The molecule has 222 valence electrons. The van der Waals surface area contributed by atoms with Crippen molar-refractivity contribution in [3.8, 4) is 5.75 Å². The van der Waals surface area contributed by atoms with Crippen molar-refractivity contribution in [2.75, 3.05) is 0 Å². The maximum atomic E-state index is 14.4. The van der Waals surface area contributed by atoms with Gasteiger partial charge in [0.25, 0.3) is 0 Å². The highest BCUT2D eigenvalue weighted by molar-refractivity contribution is 6.24. The zero-order chi connectivity index (χ0) is 30.9. The van der Waals surface area contributed by atoms with Gasteiger partial charge in [0.05, 0.1) is 5.56 Å². The number of aliphatic hydroxyl groups is 3. The summed E-state index contributed by atoms with van der Waals surface area (Å²) >= 11 is 0. The number of hydrogen-bond donors (Lipinski definition) is 4. The van der Waals surface area contributed by atoms with Gasteiger partial charge in [-0.2, -0.15) is 0 Å². The van der Waals surface area contributed by atoms with E-state index in [-0.39, 0.29) is 35.6 Å². The third kappa shape index (κ3) is 4.08. The molecule has 0 aliphatic heterocycles. The zero-order valence-electron chi connectivity index (χ0n) is 25.2. The summed E-state index contributed by atoms with van der Waals surface area (Å²) in [5.41, 5.74) is -1.51. The number of fused-ring (bicyclic) bond motifs is 3. The molecule has 0 bridgehead atoms. The Balaban J connectivity index is 1.64. The maximum Gasteiger partial charge on any atom is 0.203 e. The standard InChI is InChI=1S/C35H40O7/c1-18(2)27-29(38)25(20(4)36)31(40)35(42)32(41)28-30(39)26-23(16-33(28,5)17-34(27,35)6)22(14-15-24(26)37)9-7-8-21-12-10-19(3)11-13-21/h10-15,18,27,37,39-40,42H,7-9,16-17H2,1-6H3/t27?,33-,34-,35+/m1/s1. The molecule has 4 atom stereocenters. The molecule has 2 aromatic carbocycles. The van der Waals surface area contributed by atoms with Crippen LogP contribution < -0.4 is 0 Å². The Labute approximate surface area is 246 Å². The highest BCUT2D eigenvalue weighted by Crippen LogP contribution is 2.65. The molecule has 0 aromatic heterocycles. The van der Waals surface area contributed by atoms with E-state index in [1.54, 1.807) is 20.8 Å². The van der Waals surface area contributed by atoms with Gasteiger partial charge in [0.15, 0.2) is 17.2 Å². The van der Waals surface area contributed by atoms with Crippen molar-refractivity contribution >= 4 is 23.1 Å². The van der Waals surface area contributed by atoms with Gasteiger partial charge in [-0.3, -0.25) is 14.4 Å². The normalized spacial score (nSPS) is 29.0. The molecule has 1 saturated carbocycles. The molecule has 4 N–H and O–H groups in total. The van der Waals surface area contributed by atoms with Gasteiger partial charge in [0, 0.05) is 22.3 Å². The van der Waals surface area contributed by atoms with Crippen LogP contribution >= 0.6 is 0 Å². The van der Waals surface area contributed by atoms with Crippen molar-refractivity contribution in [2.24, 2.45) is 22.7 Å². The monoisotopic (exact) mass is 572 g/mol. The quantitative estimate of drug-likeness (QED) is 0.328. The molecular formula is C35H40O7. The molecule has 0 radical (unpaired) electrons. The average Bonchev–Trinajstić information content (AvgIpc) is 2.88. The van der Waals surface area contributed by atoms with E-state index in [1.807, 2.05) is 19.9 Å². The van der Waals surface area contributed by atoms with Gasteiger partial charge in [0.2, 0.25) is 5.78 Å². The van der Waals surface area contributed by atoms with Crippen LogP contribution in [-0.2, 0) is 33.6 Å². The smallest absolute Gasteiger partial charge is 0.203 e. The van der Waals surface area contributed by atoms with Crippen molar-refractivity contribution in [3.05, 3.63) is 81.1 Å². The number of ketones is 3. The fourth-order valence-electron chi connectivity index (χ4n) is 8.25. The first-order valence-electron chi connectivity index (χ1n) is 14.7. The first-order chi connectivity index (χ1) is 19.6. The highest BCUT2D eigenvalue weighted by Gasteiger charge is 2.72. The summed E-state index contributed by atoms with van der Waals surface area (Å²) in [4.78, 5) is 40.5. The van der Waals surface area contributed by atoms with Crippen molar-refractivity contribution in [2.45, 2.75) is 79.2 Å². The molecule has 3 aliphatic rings. The Morgan fingerprint density at radius 3 is 2.24 bits per heavy atom. The lowest BCUT2D eigenvalue weighted by molar-refractivity contribution is -0.178. The molecule has 3 aliphatic carbocycles. The minimum absolute atomic E-state index is 0.0867. The molecule has 1 fully saturated rings. The number of aliphatic hydroxyl groups excluding tert-OH is 2. The summed E-state index contributed by atoms with van der Waals surface area (Å²) in [6.07, 6.45) is 2.75. The second kappa shape index (κ2) is 9.94. The van der Waals surface area contributed by atoms with Crippen LogP contribution in [0.1, 0.15) is 75.3 Å². The van der Waals surface area contributed by atoms with E-state index in [9.17, 15) is 34.8 Å². The Kier molecular flexibility index (Phi) is 7.05. The molecule has 42 heavy (non-hydrogen) atoms. The topological polar surface area (TPSA) is 132 Å². The van der Waals surface area contributed by atoms with E-state index in [2.05, 4.69) is 24.3 Å². The zero-order valence-corrected chi connectivity index (χ0v) is 25.2. The van der Waals surface area contributed by atoms with E-state index in [1.165, 1.54) is 17.2 Å². The van der Waals surface area contributed by atoms with Crippen LogP contribution in [0.5, 0.6) is 5.75 Å². The first-order valence-corrected chi connectivity index (χ1v) is 14.7. The van der Waals surface area contributed by atoms with Crippen LogP contribution in [0.15, 0.2) is 53.3 Å². The van der Waals surface area contributed by atoms with Crippen LogP contribution in [0.4, 0.5) is 0 Å². The Morgan fingerprint density at radius 1 is 1.00 bits per heavy atom. The molecule has 2 aromatic rings. The van der Waals surface area contributed by atoms with Crippen molar-refractivity contribution in [1.29, 1.82) is 0 Å². The lowest BCUT2D eigenvalue weighted by Crippen LogP contribution is -2.69. The minimum Gasteiger partial charge on any atom is -0.508 e. The highest BCUT2D eigenvalue weighted by atomic mass is 16.3. The molecule has 1 unspecified atom stereocenters. The number of benzene rings is 2. The number of carbonyl (C=O) groups is 3. The van der Waals surface area contributed by atoms with Gasteiger partial charge in [-0.25, -0.2) is 0 Å². The van der Waals surface area contributed by atoms with Crippen molar-refractivity contribution in [1.82, 2.24) is 0 Å². The lowest BCUT2D eigenvalue weighted by atomic mass is 9.43.